The quantitative estimate of drug-likeness (QED) is 0.220. The first-order valence-corrected chi connectivity index (χ1v) is 14.5. The molecule has 6 aromatic carbocycles. The Hall–Kier alpha value is -6.01. The van der Waals surface area contributed by atoms with Gasteiger partial charge in [0.05, 0.1) is 23.3 Å². The van der Waals surface area contributed by atoms with Gasteiger partial charge in [0.2, 0.25) is 0 Å². The summed E-state index contributed by atoms with van der Waals surface area (Å²) in [6, 6.07) is 51.4. The van der Waals surface area contributed by atoms with Gasteiger partial charge in [-0.05, 0) is 68.4 Å². The first kappa shape index (κ1) is 26.9. The first-order valence-electron chi connectivity index (χ1n) is 14.5. The Bertz CT molecular complexity index is 2050. The molecule has 0 saturated carbocycles. The van der Waals surface area contributed by atoms with Gasteiger partial charge in [0.25, 0.3) is 0 Å². The van der Waals surface area contributed by atoms with Gasteiger partial charge in [-0.1, -0.05) is 115 Å². The maximum Gasteiger partial charge on any atom is 0.131 e. The van der Waals surface area contributed by atoms with E-state index in [0.29, 0.717) is 11.1 Å². The van der Waals surface area contributed by atoms with Crippen molar-refractivity contribution in [2.24, 2.45) is 4.99 Å². The topological polar surface area (TPSA) is 84.0 Å². The standard InChI is InChI=1S/C39H27N5/c40-24-26-20-27(25-41)22-34(21-26)32-18-19-36-33(23-32)12-7-13-35(36)28-14-16-31(17-15-28)39-43-37(29-8-3-1-4-9-29)42-38(44-39)30-10-5-2-6-11-30/h1-23,37,39,43H,(H,42,44). The van der Waals surface area contributed by atoms with E-state index in [0.717, 1.165) is 55.6 Å². The molecule has 1 aliphatic heterocycles. The number of aliphatic imine (C=N–C) groups is 1. The minimum Gasteiger partial charge on any atom is -0.350 e. The predicted octanol–water partition coefficient (Wildman–Crippen LogP) is 8.25. The van der Waals surface area contributed by atoms with Gasteiger partial charge in [-0.3, -0.25) is 5.32 Å². The number of hydrogen-bond donors (Lipinski definition) is 2. The van der Waals surface area contributed by atoms with Gasteiger partial charge in [0, 0.05) is 5.56 Å². The van der Waals surface area contributed by atoms with Crippen LogP contribution in [0.1, 0.15) is 40.1 Å². The third-order valence-electron chi connectivity index (χ3n) is 7.99. The molecule has 6 aromatic rings. The summed E-state index contributed by atoms with van der Waals surface area (Å²) < 4.78 is 0. The lowest BCUT2D eigenvalue weighted by Gasteiger charge is -2.32. The largest absolute Gasteiger partial charge is 0.350 e. The van der Waals surface area contributed by atoms with Crippen LogP contribution in [0.15, 0.2) is 145 Å². The van der Waals surface area contributed by atoms with E-state index in [1.807, 2.05) is 36.4 Å². The van der Waals surface area contributed by atoms with Crippen LogP contribution in [0.2, 0.25) is 0 Å². The monoisotopic (exact) mass is 565 g/mol. The number of rotatable bonds is 5. The minimum absolute atomic E-state index is 0.0843. The maximum atomic E-state index is 9.42. The van der Waals surface area contributed by atoms with Crippen LogP contribution in [0.25, 0.3) is 33.0 Å². The van der Waals surface area contributed by atoms with E-state index in [1.165, 1.54) is 0 Å². The maximum absolute atomic E-state index is 9.42. The molecular weight excluding hydrogens is 538 g/mol. The van der Waals surface area contributed by atoms with E-state index < -0.39 is 0 Å². The summed E-state index contributed by atoms with van der Waals surface area (Å²) in [5.74, 6) is 0.860. The Morgan fingerprint density at radius 3 is 1.93 bits per heavy atom. The van der Waals surface area contributed by atoms with Gasteiger partial charge in [0.15, 0.2) is 0 Å². The van der Waals surface area contributed by atoms with Gasteiger partial charge >= 0.3 is 0 Å². The highest BCUT2D eigenvalue weighted by Gasteiger charge is 2.25. The number of hydrogen-bond acceptors (Lipinski definition) is 5. The van der Waals surface area contributed by atoms with E-state index in [4.69, 9.17) is 4.99 Å². The molecule has 2 N–H and O–H groups in total. The lowest BCUT2D eigenvalue weighted by atomic mass is 9.93. The zero-order valence-electron chi connectivity index (χ0n) is 23.8. The van der Waals surface area contributed by atoms with Crippen LogP contribution in [0.3, 0.4) is 0 Å². The van der Waals surface area contributed by atoms with Crippen molar-refractivity contribution in [2.75, 3.05) is 0 Å². The van der Waals surface area contributed by atoms with Crippen molar-refractivity contribution in [1.82, 2.24) is 10.6 Å². The van der Waals surface area contributed by atoms with E-state index >= 15 is 0 Å². The molecule has 1 aliphatic rings. The summed E-state index contributed by atoms with van der Waals surface area (Å²) in [5.41, 5.74) is 8.32. The normalized spacial score (nSPS) is 15.9. The van der Waals surface area contributed by atoms with Gasteiger partial charge < -0.3 is 5.32 Å². The van der Waals surface area contributed by atoms with Crippen molar-refractivity contribution in [3.63, 3.8) is 0 Å². The van der Waals surface area contributed by atoms with Crippen molar-refractivity contribution in [1.29, 1.82) is 10.5 Å². The summed E-state index contributed by atoms with van der Waals surface area (Å²) in [6.45, 7) is 0. The fraction of sp³-hybridized carbons (Fsp3) is 0.0513. The van der Waals surface area contributed by atoms with Crippen LogP contribution in [0, 0.1) is 22.7 Å². The Morgan fingerprint density at radius 1 is 0.545 bits per heavy atom. The van der Waals surface area contributed by atoms with Crippen LogP contribution >= 0.6 is 0 Å². The average molecular weight is 566 g/mol. The molecule has 0 radical (unpaired) electrons. The highest BCUT2D eigenvalue weighted by molar-refractivity contribution is 6.00. The Kier molecular flexibility index (Phi) is 7.14. The second kappa shape index (κ2) is 11.7. The van der Waals surface area contributed by atoms with Crippen LogP contribution < -0.4 is 10.6 Å². The smallest absolute Gasteiger partial charge is 0.131 e. The molecule has 0 fully saturated rings. The zero-order valence-corrected chi connectivity index (χ0v) is 23.8. The summed E-state index contributed by atoms with van der Waals surface area (Å²) in [4.78, 5) is 5.07. The molecule has 44 heavy (non-hydrogen) atoms. The third kappa shape index (κ3) is 5.32. The molecule has 0 aromatic heterocycles. The molecule has 1 heterocycles. The number of nitrogens with zero attached hydrogens (tertiary/aromatic N) is 3. The fourth-order valence-corrected chi connectivity index (χ4v) is 5.77. The van der Waals surface area contributed by atoms with Crippen molar-refractivity contribution in [2.45, 2.75) is 12.3 Å². The first-order chi connectivity index (χ1) is 21.7. The number of nitriles is 2. The summed E-state index contributed by atoms with van der Waals surface area (Å²) >= 11 is 0. The molecule has 0 bridgehead atoms. The number of fused-ring (bicyclic) bond motifs is 1. The van der Waals surface area contributed by atoms with Crippen molar-refractivity contribution in [3.8, 4) is 34.4 Å². The van der Waals surface area contributed by atoms with E-state index in [9.17, 15) is 10.5 Å². The molecule has 0 amide bonds. The number of nitrogens with one attached hydrogen (secondary N) is 2. The van der Waals surface area contributed by atoms with Crippen LogP contribution in [-0.4, -0.2) is 5.84 Å². The van der Waals surface area contributed by atoms with Crippen molar-refractivity contribution < 1.29 is 0 Å². The second-order valence-electron chi connectivity index (χ2n) is 10.8. The van der Waals surface area contributed by atoms with Crippen LogP contribution in [0.5, 0.6) is 0 Å². The number of benzene rings is 6. The minimum atomic E-state index is -0.219. The van der Waals surface area contributed by atoms with E-state index in [-0.39, 0.29) is 12.3 Å². The molecule has 0 spiro atoms. The lowest BCUT2D eigenvalue weighted by Crippen LogP contribution is -2.44. The molecule has 7 rings (SSSR count). The predicted molar refractivity (Wildman–Crippen MR) is 175 cm³/mol. The molecule has 5 nitrogen and oxygen atoms in total. The highest BCUT2D eigenvalue weighted by atomic mass is 15.3. The molecule has 2 atom stereocenters. The number of amidine groups is 1. The Morgan fingerprint density at radius 2 is 1.23 bits per heavy atom. The fourth-order valence-electron chi connectivity index (χ4n) is 5.77. The van der Waals surface area contributed by atoms with E-state index in [2.05, 4.69) is 120 Å². The van der Waals surface area contributed by atoms with Gasteiger partial charge in [0.1, 0.15) is 18.2 Å². The molecule has 2 unspecified atom stereocenters. The van der Waals surface area contributed by atoms with Gasteiger partial charge in [-0.15, -0.1) is 0 Å². The zero-order chi connectivity index (χ0) is 29.9. The SMILES string of the molecule is N#Cc1cc(C#N)cc(-c2ccc3c(-c4ccc(C5N=C(c6ccccc6)NC(c6ccccc6)N5)cc4)cccc3c2)c1. The highest BCUT2D eigenvalue weighted by Crippen LogP contribution is 2.34. The molecule has 0 saturated heterocycles. The molecule has 5 heteroatoms. The van der Waals surface area contributed by atoms with E-state index in [1.54, 1.807) is 6.07 Å². The van der Waals surface area contributed by atoms with Crippen LogP contribution in [0.4, 0.5) is 0 Å². The molecular formula is C39H27N5. The van der Waals surface area contributed by atoms with Crippen molar-refractivity contribution >= 4 is 16.6 Å². The Balaban J connectivity index is 1.21. The molecule has 0 aliphatic carbocycles. The average Bonchev–Trinajstić information content (AvgIpc) is 3.11. The summed E-state index contributed by atoms with van der Waals surface area (Å²) in [6.07, 6.45) is -0.304. The van der Waals surface area contributed by atoms with Crippen molar-refractivity contribution in [3.05, 3.63) is 167 Å². The second-order valence-corrected chi connectivity index (χ2v) is 10.8. The summed E-state index contributed by atoms with van der Waals surface area (Å²) in [7, 11) is 0. The van der Waals surface area contributed by atoms with Gasteiger partial charge in [-0.2, -0.15) is 10.5 Å². The molecule has 208 valence electrons. The Labute approximate surface area is 256 Å². The summed E-state index contributed by atoms with van der Waals surface area (Å²) in [5, 5.41) is 28.3. The van der Waals surface area contributed by atoms with Crippen LogP contribution in [-0.2, 0) is 0 Å². The van der Waals surface area contributed by atoms with Gasteiger partial charge in [-0.25, -0.2) is 4.99 Å². The lowest BCUT2D eigenvalue weighted by molar-refractivity contribution is 0.409. The third-order valence-corrected chi connectivity index (χ3v) is 7.99.